The summed E-state index contributed by atoms with van der Waals surface area (Å²) in [7, 11) is -2.96. The van der Waals surface area contributed by atoms with E-state index in [-0.39, 0.29) is 18.3 Å². The molecule has 1 fully saturated rings. The van der Waals surface area contributed by atoms with Gasteiger partial charge in [0.05, 0.1) is 24.9 Å². The molecule has 1 aliphatic carbocycles. The van der Waals surface area contributed by atoms with E-state index in [0.717, 1.165) is 19.3 Å². The molecule has 0 N–H and O–H groups in total. The van der Waals surface area contributed by atoms with E-state index in [4.69, 9.17) is 13.8 Å². The molecule has 4 nitrogen and oxygen atoms in total. The Labute approximate surface area is 117 Å². The third kappa shape index (κ3) is 6.89. The van der Waals surface area contributed by atoms with Crippen LogP contribution in [-0.2, 0) is 18.3 Å². The van der Waals surface area contributed by atoms with E-state index in [1.807, 2.05) is 27.7 Å². The predicted molar refractivity (Wildman–Crippen MR) is 77.7 cm³/mol. The first-order chi connectivity index (χ1) is 8.80. The summed E-state index contributed by atoms with van der Waals surface area (Å²) in [4.78, 5) is 0. The molecular weight excluding hydrogens is 263 g/mol. The zero-order chi connectivity index (χ0) is 14.5. The number of ether oxygens (including phenoxy) is 1. The standard InChI is InChI=1S/C14H29O4P/c1-11(2)16-10-13-8-6-7-9-14(13)18-19(5,15)17-12(3)4/h11-14H,6-10H2,1-5H3. The van der Waals surface area contributed by atoms with Crippen molar-refractivity contribution in [1.29, 1.82) is 0 Å². The lowest BCUT2D eigenvalue weighted by molar-refractivity contribution is -0.0118. The summed E-state index contributed by atoms with van der Waals surface area (Å²) in [5.41, 5.74) is 0. The van der Waals surface area contributed by atoms with Crippen molar-refractivity contribution in [3.05, 3.63) is 0 Å². The van der Waals surface area contributed by atoms with Gasteiger partial charge in [-0.2, -0.15) is 0 Å². The Bertz CT molecular complexity index is 304. The minimum atomic E-state index is -2.96. The van der Waals surface area contributed by atoms with Crippen molar-refractivity contribution in [2.45, 2.75) is 71.7 Å². The molecule has 0 heterocycles. The predicted octanol–water partition coefficient (Wildman–Crippen LogP) is 4.23. The Balaban J connectivity index is 2.54. The van der Waals surface area contributed by atoms with Gasteiger partial charge in [0, 0.05) is 12.6 Å². The third-order valence-corrected chi connectivity index (χ3v) is 4.67. The van der Waals surface area contributed by atoms with Gasteiger partial charge in [-0.3, -0.25) is 4.57 Å². The van der Waals surface area contributed by atoms with Crippen LogP contribution in [0.3, 0.4) is 0 Å². The zero-order valence-electron chi connectivity index (χ0n) is 12.9. The maximum atomic E-state index is 12.3. The van der Waals surface area contributed by atoms with Gasteiger partial charge in [-0.15, -0.1) is 0 Å². The van der Waals surface area contributed by atoms with E-state index in [2.05, 4.69) is 0 Å². The van der Waals surface area contributed by atoms with Crippen LogP contribution in [0.1, 0.15) is 53.4 Å². The summed E-state index contributed by atoms with van der Waals surface area (Å²) in [6.45, 7) is 10.1. The molecule has 0 bridgehead atoms. The molecule has 0 aliphatic heterocycles. The average molecular weight is 292 g/mol. The highest BCUT2D eigenvalue weighted by molar-refractivity contribution is 7.53. The Kier molecular flexibility index (Phi) is 7.02. The van der Waals surface area contributed by atoms with Gasteiger partial charge in [-0.25, -0.2) is 0 Å². The van der Waals surface area contributed by atoms with E-state index in [0.29, 0.717) is 12.5 Å². The number of rotatable bonds is 7. The van der Waals surface area contributed by atoms with Gasteiger partial charge in [0.15, 0.2) is 0 Å². The maximum absolute atomic E-state index is 12.3. The molecule has 0 aromatic heterocycles. The molecular formula is C14H29O4P. The van der Waals surface area contributed by atoms with Crippen molar-refractivity contribution < 1.29 is 18.3 Å². The van der Waals surface area contributed by atoms with Gasteiger partial charge in [0.1, 0.15) is 0 Å². The number of hydrogen-bond donors (Lipinski definition) is 0. The minimum absolute atomic E-state index is 0.00193. The molecule has 0 aromatic rings. The van der Waals surface area contributed by atoms with Gasteiger partial charge >= 0.3 is 7.60 Å². The zero-order valence-corrected chi connectivity index (χ0v) is 13.8. The van der Waals surface area contributed by atoms with Crippen LogP contribution in [0, 0.1) is 5.92 Å². The fraction of sp³-hybridized carbons (Fsp3) is 1.00. The van der Waals surface area contributed by atoms with Crippen LogP contribution in [0.2, 0.25) is 0 Å². The van der Waals surface area contributed by atoms with Crippen LogP contribution >= 0.6 is 7.60 Å². The highest BCUT2D eigenvalue weighted by atomic mass is 31.2. The molecule has 0 radical (unpaired) electrons. The van der Waals surface area contributed by atoms with E-state index >= 15 is 0 Å². The van der Waals surface area contributed by atoms with Crippen molar-refractivity contribution in [2.75, 3.05) is 13.3 Å². The van der Waals surface area contributed by atoms with Crippen LogP contribution in [0.4, 0.5) is 0 Å². The van der Waals surface area contributed by atoms with Crippen molar-refractivity contribution >= 4 is 7.60 Å². The summed E-state index contributed by atoms with van der Waals surface area (Å²) >= 11 is 0. The molecule has 19 heavy (non-hydrogen) atoms. The second kappa shape index (κ2) is 7.78. The lowest BCUT2D eigenvalue weighted by Gasteiger charge is -2.33. The summed E-state index contributed by atoms with van der Waals surface area (Å²) < 4.78 is 29.2. The highest BCUT2D eigenvalue weighted by Crippen LogP contribution is 2.49. The summed E-state index contributed by atoms with van der Waals surface area (Å²) in [5, 5.41) is 0. The van der Waals surface area contributed by atoms with E-state index in [1.165, 1.54) is 6.42 Å². The molecule has 0 aromatic carbocycles. The van der Waals surface area contributed by atoms with Crippen LogP contribution < -0.4 is 0 Å². The first kappa shape index (κ1) is 17.2. The Morgan fingerprint density at radius 3 is 2.32 bits per heavy atom. The SMILES string of the molecule is CC(C)OCC1CCCCC1OP(C)(=O)OC(C)C. The smallest absolute Gasteiger partial charge is 0.328 e. The largest absolute Gasteiger partial charge is 0.378 e. The first-order valence-electron chi connectivity index (χ1n) is 7.36. The first-order valence-corrected chi connectivity index (χ1v) is 9.35. The maximum Gasteiger partial charge on any atom is 0.328 e. The normalized spacial score (nSPS) is 27.7. The number of hydrogen-bond acceptors (Lipinski definition) is 4. The van der Waals surface area contributed by atoms with E-state index < -0.39 is 7.60 Å². The van der Waals surface area contributed by atoms with E-state index in [1.54, 1.807) is 6.66 Å². The topological polar surface area (TPSA) is 44.8 Å². The Morgan fingerprint density at radius 2 is 1.74 bits per heavy atom. The second-order valence-electron chi connectivity index (χ2n) is 6.00. The van der Waals surface area contributed by atoms with Crippen LogP contribution in [0.25, 0.3) is 0 Å². The summed E-state index contributed by atoms with van der Waals surface area (Å²) in [5.74, 6) is 0.334. The molecule has 3 atom stereocenters. The van der Waals surface area contributed by atoms with Crippen LogP contribution in [0.15, 0.2) is 0 Å². The average Bonchev–Trinajstić information content (AvgIpc) is 2.25. The van der Waals surface area contributed by atoms with Crippen molar-refractivity contribution in [1.82, 2.24) is 0 Å². The molecule has 0 saturated heterocycles. The molecule has 1 rings (SSSR count). The fourth-order valence-corrected chi connectivity index (χ4v) is 4.06. The molecule has 1 saturated carbocycles. The summed E-state index contributed by atoms with van der Waals surface area (Å²) in [6, 6.07) is 0. The monoisotopic (exact) mass is 292 g/mol. The van der Waals surface area contributed by atoms with Crippen molar-refractivity contribution in [2.24, 2.45) is 5.92 Å². The van der Waals surface area contributed by atoms with Crippen molar-refractivity contribution in [3.8, 4) is 0 Å². The Morgan fingerprint density at radius 1 is 1.11 bits per heavy atom. The third-order valence-electron chi connectivity index (χ3n) is 3.21. The Hall–Kier alpha value is 0.110. The molecule has 114 valence electrons. The van der Waals surface area contributed by atoms with Gasteiger partial charge in [0.2, 0.25) is 0 Å². The van der Waals surface area contributed by atoms with Crippen molar-refractivity contribution in [3.63, 3.8) is 0 Å². The van der Waals surface area contributed by atoms with Crippen LogP contribution in [0.5, 0.6) is 0 Å². The molecule has 3 unspecified atom stereocenters. The highest BCUT2D eigenvalue weighted by Gasteiger charge is 2.32. The van der Waals surface area contributed by atoms with Gasteiger partial charge in [-0.05, 0) is 40.5 Å². The summed E-state index contributed by atoms with van der Waals surface area (Å²) in [6.07, 6.45) is 4.51. The fourth-order valence-electron chi connectivity index (χ4n) is 2.47. The van der Waals surface area contributed by atoms with Crippen LogP contribution in [-0.4, -0.2) is 31.6 Å². The van der Waals surface area contributed by atoms with Gasteiger partial charge in [0.25, 0.3) is 0 Å². The minimum Gasteiger partial charge on any atom is -0.378 e. The van der Waals surface area contributed by atoms with Gasteiger partial charge < -0.3 is 13.8 Å². The lowest BCUT2D eigenvalue weighted by atomic mass is 9.87. The second-order valence-corrected chi connectivity index (χ2v) is 7.96. The molecule has 5 heteroatoms. The quantitative estimate of drug-likeness (QED) is 0.658. The molecule has 0 spiro atoms. The molecule has 0 amide bonds. The lowest BCUT2D eigenvalue weighted by Crippen LogP contribution is -2.31. The molecule has 1 aliphatic rings. The van der Waals surface area contributed by atoms with Gasteiger partial charge in [-0.1, -0.05) is 12.8 Å². The van der Waals surface area contributed by atoms with E-state index in [9.17, 15) is 4.57 Å².